The Hall–Kier alpha value is -3.73. The summed E-state index contributed by atoms with van der Waals surface area (Å²) in [6, 6.07) is 11.3. The first kappa shape index (κ1) is 17.7. The number of rotatable bonds is 3. The number of hydrazine groups is 2. The number of benzene rings is 2. The third kappa shape index (κ3) is 2.97. The van der Waals surface area contributed by atoms with Crippen molar-refractivity contribution in [3.63, 3.8) is 0 Å². The number of anilines is 2. The van der Waals surface area contributed by atoms with Crippen molar-refractivity contribution in [2.75, 3.05) is 10.0 Å². The molecule has 2 aliphatic rings. The van der Waals surface area contributed by atoms with Gasteiger partial charge in [0.1, 0.15) is 11.4 Å². The van der Waals surface area contributed by atoms with Gasteiger partial charge in [0, 0.05) is 6.08 Å². The van der Waals surface area contributed by atoms with E-state index in [0.29, 0.717) is 16.9 Å². The zero-order valence-corrected chi connectivity index (χ0v) is 13.8. The zero-order valence-electron chi connectivity index (χ0n) is 13.8. The van der Waals surface area contributed by atoms with E-state index >= 15 is 0 Å². The molecule has 0 atom stereocenters. The first-order valence-electron chi connectivity index (χ1n) is 7.86. The predicted octanol–water partition coefficient (Wildman–Crippen LogP) is 3.69. The summed E-state index contributed by atoms with van der Waals surface area (Å²) >= 11 is 0. The molecule has 4 rings (SSSR count). The van der Waals surface area contributed by atoms with Crippen LogP contribution in [0.3, 0.4) is 0 Å². The van der Waals surface area contributed by atoms with E-state index in [0.717, 1.165) is 12.1 Å². The topological polar surface area (TPSA) is 91.1 Å². The number of halogens is 3. The van der Waals surface area contributed by atoms with Crippen molar-refractivity contribution in [1.82, 2.24) is 5.53 Å². The first-order chi connectivity index (χ1) is 13.2. The van der Waals surface area contributed by atoms with Crippen LogP contribution in [0.1, 0.15) is 5.56 Å². The number of hydrogen-bond donors (Lipinski definition) is 2. The van der Waals surface area contributed by atoms with E-state index in [4.69, 9.17) is 0 Å². The molecule has 0 amide bonds. The van der Waals surface area contributed by atoms with Crippen LogP contribution in [-0.4, -0.2) is 16.4 Å². The lowest BCUT2D eigenvalue weighted by Gasteiger charge is -2.26. The molecule has 144 valence electrons. The summed E-state index contributed by atoms with van der Waals surface area (Å²) in [4.78, 5) is 10.8. The molecular weight excluding hydrogens is 381 g/mol. The summed E-state index contributed by atoms with van der Waals surface area (Å²) in [6.45, 7) is 0. The Morgan fingerprint density at radius 3 is 2.39 bits per heavy atom. The molecular formula is C17H11F3N4O4. The van der Waals surface area contributed by atoms with E-state index in [1.165, 1.54) is 28.2 Å². The van der Waals surface area contributed by atoms with Crippen LogP contribution < -0.4 is 20.3 Å². The Morgan fingerprint density at radius 1 is 1.07 bits per heavy atom. The quantitative estimate of drug-likeness (QED) is 0.608. The lowest BCUT2D eigenvalue weighted by Crippen LogP contribution is -2.42. The van der Waals surface area contributed by atoms with Crippen LogP contribution in [0.4, 0.5) is 24.5 Å². The van der Waals surface area contributed by atoms with E-state index < -0.39 is 17.0 Å². The van der Waals surface area contributed by atoms with Crippen molar-refractivity contribution in [3.05, 3.63) is 81.9 Å². The molecule has 2 heterocycles. The number of aliphatic hydroxyl groups excluding tert-OH is 1. The molecule has 0 radical (unpaired) electrons. The number of alkyl halides is 3. The molecule has 0 bridgehead atoms. The van der Waals surface area contributed by atoms with E-state index in [-0.39, 0.29) is 17.3 Å². The molecule has 0 unspecified atom stereocenters. The van der Waals surface area contributed by atoms with Gasteiger partial charge in [0.05, 0.1) is 21.9 Å². The van der Waals surface area contributed by atoms with Crippen LogP contribution in [0, 0.1) is 10.1 Å². The smallest absolute Gasteiger partial charge is 0.492 e. The van der Waals surface area contributed by atoms with Gasteiger partial charge in [0.25, 0.3) is 5.70 Å². The maximum absolute atomic E-state index is 12.3. The fraction of sp³-hybridized carbons (Fsp3) is 0.0588. The predicted molar refractivity (Wildman–Crippen MR) is 92.3 cm³/mol. The maximum Gasteiger partial charge on any atom is 0.573 e. The Kier molecular flexibility index (Phi) is 3.89. The minimum Gasteiger partial charge on any atom is -0.492 e. The molecule has 0 spiro atoms. The SMILES string of the molecule is O=[N+]([O-])C1=CC2=C(O)N(c3ccc(OC(F)(F)F)cc3)NN2c2ccccc21. The minimum atomic E-state index is -4.81. The Bertz CT molecular complexity index is 1020. The number of allylic oxidation sites excluding steroid dienone is 1. The molecule has 2 aromatic carbocycles. The van der Waals surface area contributed by atoms with Crippen molar-refractivity contribution in [2.24, 2.45) is 0 Å². The van der Waals surface area contributed by atoms with Crippen LogP contribution in [-0.2, 0) is 0 Å². The van der Waals surface area contributed by atoms with Gasteiger partial charge in [-0.2, -0.15) is 0 Å². The average molecular weight is 392 g/mol. The number of nitrogens with zero attached hydrogens (tertiary/aromatic N) is 3. The fourth-order valence-corrected chi connectivity index (χ4v) is 2.95. The molecule has 2 aromatic rings. The van der Waals surface area contributed by atoms with Gasteiger partial charge in [-0.1, -0.05) is 12.1 Å². The third-order valence-electron chi connectivity index (χ3n) is 4.10. The number of nitrogens with one attached hydrogen (secondary N) is 1. The number of ether oxygens (including phenoxy) is 1. The maximum atomic E-state index is 12.3. The summed E-state index contributed by atoms with van der Waals surface area (Å²) in [5, 5.41) is 24.6. The van der Waals surface area contributed by atoms with Gasteiger partial charge in [0.15, 0.2) is 0 Å². The highest BCUT2D eigenvalue weighted by molar-refractivity contribution is 5.82. The monoisotopic (exact) mass is 392 g/mol. The fourth-order valence-electron chi connectivity index (χ4n) is 2.95. The first-order valence-corrected chi connectivity index (χ1v) is 7.86. The molecule has 28 heavy (non-hydrogen) atoms. The minimum absolute atomic E-state index is 0.126. The number of aliphatic hydroxyl groups is 1. The van der Waals surface area contributed by atoms with Crippen LogP contribution in [0.25, 0.3) is 5.70 Å². The van der Waals surface area contributed by atoms with Crippen LogP contribution in [0.5, 0.6) is 5.75 Å². The van der Waals surface area contributed by atoms with Crippen LogP contribution in [0.15, 0.2) is 66.2 Å². The Morgan fingerprint density at radius 2 is 1.75 bits per heavy atom. The van der Waals surface area contributed by atoms with Gasteiger partial charge in [-0.05, 0) is 36.4 Å². The van der Waals surface area contributed by atoms with Crippen LogP contribution in [0.2, 0.25) is 0 Å². The summed E-state index contributed by atoms with van der Waals surface area (Å²) in [7, 11) is 0. The van der Waals surface area contributed by atoms with Crippen molar-refractivity contribution in [1.29, 1.82) is 0 Å². The van der Waals surface area contributed by atoms with Gasteiger partial charge >= 0.3 is 6.36 Å². The number of para-hydroxylation sites is 1. The lowest BCUT2D eigenvalue weighted by atomic mass is 10.0. The molecule has 0 aliphatic carbocycles. The number of hydrogen-bond acceptors (Lipinski definition) is 7. The van der Waals surface area contributed by atoms with E-state index in [1.54, 1.807) is 24.3 Å². The molecule has 8 nitrogen and oxygen atoms in total. The molecule has 0 saturated carbocycles. The van der Waals surface area contributed by atoms with Gasteiger partial charge in [-0.15, -0.1) is 18.7 Å². The molecule has 11 heteroatoms. The highest BCUT2D eigenvalue weighted by atomic mass is 19.4. The van der Waals surface area contributed by atoms with Crippen molar-refractivity contribution >= 4 is 17.1 Å². The number of fused-ring (bicyclic) bond motifs is 3. The lowest BCUT2D eigenvalue weighted by molar-refractivity contribution is -0.375. The Balaban J connectivity index is 1.70. The second kappa shape index (κ2) is 6.16. The van der Waals surface area contributed by atoms with E-state index in [1.807, 2.05) is 0 Å². The molecule has 0 fully saturated rings. The van der Waals surface area contributed by atoms with Gasteiger partial charge < -0.3 is 9.84 Å². The van der Waals surface area contributed by atoms with Crippen molar-refractivity contribution in [2.45, 2.75) is 6.36 Å². The van der Waals surface area contributed by atoms with Crippen molar-refractivity contribution in [3.8, 4) is 5.75 Å². The summed E-state index contributed by atoms with van der Waals surface area (Å²) < 4.78 is 40.7. The second-order valence-electron chi connectivity index (χ2n) is 5.83. The van der Waals surface area contributed by atoms with E-state index in [2.05, 4.69) is 10.3 Å². The van der Waals surface area contributed by atoms with Crippen molar-refractivity contribution < 1.29 is 27.9 Å². The largest absolute Gasteiger partial charge is 0.573 e. The molecule has 0 saturated heterocycles. The third-order valence-corrected chi connectivity index (χ3v) is 4.10. The standard InChI is InChI=1S/C17H11F3N4O4/c18-17(19,20)28-11-7-5-10(6-8-11)22-16(25)15-9-14(24(26)27)12-3-1-2-4-13(12)23(15)21-22/h1-9,21,25H. The van der Waals surface area contributed by atoms with Gasteiger partial charge in [-0.3, -0.25) is 15.1 Å². The normalized spacial score (nSPS) is 15.9. The Labute approximate surface area is 155 Å². The highest BCUT2D eigenvalue weighted by Gasteiger charge is 2.38. The average Bonchev–Trinajstić information content (AvgIpc) is 2.97. The second-order valence-corrected chi connectivity index (χ2v) is 5.83. The summed E-state index contributed by atoms with van der Waals surface area (Å²) in [6.07, 6.45) is -3.60. The molecule has 2 N–H and O–H groups in total. The molecule has 2 aliphatic heterocycles. The van der Waals surface area contributed by atoms with Gasteiger partial charge in [-0.25, -0.2) is 5.01 Å². The zero-order chi connectivity index (χ0) is 20.1. The number of nitro groups is 1. The van der Waals surface area contributed by atoms with Crippen LogP contribution >= 0.6 is 0 Å². The van der Waals surface area contributed by atoms with Gasteiger partial charge in [0.2, 0.25) is 5.88 Å². The van der Waals surface area contributed by atoms with E-state index in [9.17, 15) is 28.4 Å². The highest BCUT2D eigenvalue weighted by Crippen LogP contribution is 2.39. The summed E-state index contributed by atoms with van der Waals surface area (Å²) in [5.74, 6) is -0.764. The molecule has 0 aromatic heterocycles. The summed E-state index contributed by atoms with van der Waals surface area (Å²) in [5.41, 5.74) is 3.88.